The molecule has 12 rings (SSSR count). The van der Waals surface area contributed by atoms with E-state index in [0.29, 0.717) is 0 Å². The minimum Gasteiger partial charge on any atom is -0.308 e. The zero-order valence-corrected chi connectivity index (χ0v) is 40.5. The van der Waals surface area contributed by atoms with E-state index in [2.05, 4.69) is 223 Å². The van der Waals surface area contributed by atoms with Gasteiger partial charge < -0.3 is 9.80 Å². The Bertz CT molecular complexity index is 3650. The van der Waals surface area contributed by atoms with E-state index >= 15 is 0 Å². The maximum Gasteiger partial charge on any atom is 0.0669 e. The zero-order chi connectivity index (χ0) is 45.1. The molecule has 0 radical (unpaired) electrons. The molecule has 2 heterocycles. The lowest BCUT2D eigenvalue weighted by Gasteiger charge is -2.33. The predicted octanol–water partition coefficient (Wildman–Crippen LogP) is 19.7. The van der Waals surface area contributed by atoms with Gasteiger partial charge in [-0.25, -0.2) is 0 Å². The highest BCUT2D eigenvalue weighted by molar-refractivity contribution is 7.26. The summed E-state index contributed by atoms with van der Waals surface area (Å²) in [5.74, 6) is 0.572. The van der Waals surface area contributed by atoms with Crippen molar-refractivity contribution in [1.29, 1.82) is 0 Å². The van der Waals surface area contributed by atoms with E-state index in [9.17, 15) is 0 Å². The molecule has 322 valence electrons. The SMILES string of the molecule is Cc1ccccc1N(c1cc(C(C)C)c2ccc3c(N(c4ccccc4C)c4c(C)ccc5c4sc4ccccc45)cc(C(C)C)c4ccc1c2c43)c1c(C)ccc2c1sc1ccccc12. The molecule has 0 aliphatic carbocycles. The van der Waals surface area contributed by atoms with Crippen molar-refractivity contribution in [1.82, 2.24) is 0 Å². The first kappa shape index (κ1) is 40.8. The van der Waals surface area contributed by atoms with Crippen LogP contribution in [0.2, 0.25) is 0 Å². The standard InChI is InChI=1S/C62H52N2S2/c1-35(2)49-33-53(63(51-21-13-9-17-37(51)5)59-39(7)25-27-45-41-19-11-15-23-55(41)65-61(45)59)47-32-30-44-50(36(3)4)34-54(48-31-29-43(49)57(47)58(44)48)64(52-22-14-10-18-38(52)6)60-40(8)26-28-46-42-20-12-16-24-56(42)66-62(46)60/h9-36H,1-8H3. The third kappa shape index (κ3) is 6.04. The van der Waals surface area contributed by atoms with E-state index in [1.165, 1.54) is 140 Å². The highest BCUT2D eigenvalue weighted by Crippen LogP contribution is 2.55. The monoisotopic (exact) mass is 888 g/mol. The highest BCUT2D eigenvalue weighted by atomic mass is 32.1. The summed E-state index contributed by atoms with van der Waals surface area (Å²) in [5.41, 5.74) is 15.1. The Morgan fingerprint density at radius 3 is 1.11 bits per heavy atom. The number of aryl methyl sites for hydroxylation is 4. The Balaban J connectivity index is 1.24. The summed E-state index contributed by atoms with van der Waals surface area (Å²) < 4.78 is 5.27. The van der Waals surface area contributed by atoms with Crippen molar-refractivity contribution < 1.29 is 0 Å². The second-order valence-corrected chi connectivity index (χ2v) is 21.1. The quantitative estimate of drug-likeness (QED) is 0.140. The number of para-hydroxylation sites is 2. The van der Waals surface area contributed by atoms with Crippen LogP contribution in [0.1, 0.15) is 72.9 Å². The molecule has 4 heteroatoms. The van der Waals surface area contributed by atoms with Crippen LogP contribution in [0.5, 0.6) is 0 Å². The van der Waals surface area contributed by atoms with Crippen molar-refractivity contribution >= 4 is 129 Å². The summed E-state index contributed by atoms with van der Waals surface area (Å²) in [6.07, 6.45) is 0. The van der Waals surface area contributed by atoms with Gasteiger partial charge in [-0.1, -0.05) is 149 Å². The minimum absolute atomic E-state index is 0.286. The molecule has 0 atom stereocenters. The molecular weight excluding hydrogens is 837 g/mol. The van der Waals surface area contributed by atoms with Gasteiger partial charge in [0.2, 0.25) is 0 Å². The molecule has 12 aromatic rings. The lowest BCUT2D eigenvalue weighted by molar-refractivity contribution is 0.875. The summed E-state index contributed by atoms with van der Waals surface area (Å²) in [4.78, 5) is 5.24. The van der Waals surface area contributed by atoms with E-state index < -0.39 is 0 Å². The molecule has 2 nitrogen and oxygen atoms in total. The summed E-state index contributed by atoms with van der Waals surface area (Å²) in [7, 11) is 0. The van der Waals surface area contributed by atoms with Crippen molar-refractivity contribution in [2.45, 2.75) is 67.2 Å². The molecule has 0 amide bonds. The fraction of sp³-hybridized carbons (Fsp3) is 0.161. The van der Waals surface area contributed by atoms with Gasteiger partial charge in [0.25, 0.3) is 0 Å². The van der Waals surface area contributed by atoms with E-state index in [1.54, 1.807) is 0 Å². The van der Waals surface area contributed by atoms with Gasteiger partial charge in [-0.05, 0) is 131 Å². The van der Waals surface area contributed by atoms with Crippen LogP contribution in [0.25, 0.3) is 72.7 Å². The lowest BCUT2D eigenvalue weighted by atomic mass is 9.83. The molecule has 0 spiro atoms. The second-order valence-electron chi connectivity index (χ2n) is 19.0. The van der Waals surface area contributed by atoms with Crippen molar-refractivity contribution in [2.75, 3.05) is 9.80 Å². The molecular formula is C62H52N2S2. The van der Waals surface area contributed by atoms with Crippen LogP contribution in [-0.4, -0.2) is 0 Å². The molecule has 0 aliphatic heterocycles. The fourth-order valence-corrected chi connectivity index (χ4v) is 13.6. The molecule has 0 saturated carbocycles. The summed E-state index contributed by atoms with van der Waals surface area (Å²) >= 11 is 3.83. The molecule has 0 bridgehead atoms. The first-order valence-corrected chi connectivity index (χ1v) is 25.0. The van der Waals surface area contributed by atoms with E-state index in [4.69, 9.17) is 0 Å². The van der Waals surface area contributed by atoms with Crippen LogP contribution in [0.4, 0.5) is 34.1 Å². The van der Waals surface area contributed by atoms with Crippen molar-refractivity contribution in [3.8, 4) is 0 Å². The molecule has 0 saturated heterocycles. The third-order valence-electron chi connectivity index (χ3n) is 14.2. The maximum atomic E-state index is 2.62. The number of hydrogen-bond acceptors (Lipinski definition) is 4. The number of hydrogen-bond donors (Lipinski definition) is 0. The zero-order valence-electron chi connectivity index (χ0n) is 38.9. The van der Waals surface area contributed by atoms with Crippen molar-refractivity contribution in [2.24, 2.45) is 0 Å². The Labute approximate surface area is 395 Å². The summed E-state index contributed by atoms with van der Waals surface area (Å²) in [6, 6.07) is 59.9. The van der Waals surface area contributed by atoms with Crippen LogP contribution in [-0.2, 0) is 0 Å². The van der Waals surface area contributed by atoms with Gasteiger partial charge in [0, 0.05) is 53.1 Å². The number of anilines is 6. The molecule has 0 unspecified atom stereocenters. The molecule has 0 aliphatic rings. The van der Waals surface area contributed by atoms with Gasteiger partial charge in [0.05, 0.1) is 32.1 Å². The molecule has 0 fully saturated rings. The predicted molar refractivity (Wildman–Crippen MR) is 292 cm³/mol. The van der Waals surface area contributed by atoms with E-state index in [1.807, 2.05) is 22.7 Å². The summed E-state index contributed by atoms with van der Waals surface area (Å²) in [5, 5.41) is 13.1. The third-order valence-corrected chi connectivity index (χ3v) is 16.6. The first-order chi connectivity index (χ1) is 32.1. The average molecular weight is 889 g/mol. The Morgan fingerprint density at radius 2 is 0.697 bits per heavy atom. The van der Waals surface area contributed by atoms with Crippen LogP contribution in [0.15, 0.2) is 158 Å². The van der Waals surface area contributed by atoms with E-state index in [0.717, 1.165) is 0 Å². The van der Waals surface area contributed by atoms with E-state index in [-0.39, 0.29) is 11.8 Å². The molecule has 2 aromatic heterocycles. The van der Waals surface area contributed by atoms with Gasteiger partial charge in [-0.2, -0.15) is 0 Å². The largest absolute Gasteiger partial charge is 0.308 e. The number of fused-ring (bicyclic) bond motifs is 6. The summed E-state index contributed by atoms with van der Waals surface area (Å²) in [6.45, 7) is 18.6. The van der Waals surface area contributed by atoms with Crippen LogP contribution >= 0.6 is 22.7 Å². The Kier molecular flexibility index (Phi) is 9.54. The molecule has 0 N–H and O–H groups in total. The average Bonchev–Trinajstić information content (AvgIpc) is 3.89. The van der Waals surface area contributed by atoms with Crippen LogP contribution < -0.4 is 9.80 Å². The van der Waals surface area contributed by atoms with Gasteiger partial charge in [-0.3, -0.25) is 0 Å². The van der Waals surface area contributed by atoms with Gasteiger partial charge in [-0.15, -0.1) is 22.7 Å². The topological polar surface area (TPSA) is 6.48 Å². The number of rotatable bonds is 8. The fourth-order valence-electron chi connectivity index (χ4n) is 11.0. The lowest BCUT2D eigenvalue weighted by Crippen LogP contribution is -2.15. The highest BCUT2D eigenvalue weighted by Gasteiger charge is 2.29. The maximum absolute atomic E-state index is 2.62. The molecule has 10 aromatic carbocycles. The van der Waals surface area contributed by atoms with Gasteiger partial charge in [0.15, 0.2) is 0 Å². The molecule has 66 heavy (non-hydrogen) atoms. The Hall–Kier alpha value is -6.72. The first-order valence-electron chi connectivity index (χ1n) is 23.4. The van der Waals surface area contributed by atoms with Crippen molar-refractivity contribution in [3.63, 3.8) is 0 Å². The minimum atomic E-state index is 0.286. The second kappa shape index (κ2) is 15.4. The van der Waals surface area contributed by atoms with Crippen LogP contribution in [0, 0.1) is 27.7 Å². The normalized spacial score (nSPS) is 12.2. The number of nitrogens with zero attached hydrogens (tertiary/aromatic N) is 2. The van der Waals surface area contributed by atoms with Gasteiger partial charge in [0.1, 0.15) is 0 Å². The number of thiophene rings is 2. The Morgan fingerprint density at radius 1 is 0.333 bits per heavy atom. The van der Waals surface area contributed by atoms with Crippen LogP contribution in [0.3, 0.4) is 0 Å². The smallest absolute Gasteiger partial charge is 0.0669 e. The number of benzene rings is 10. The van der Waals surface area contributed by atoms with Gasteiger partial charge >= 0.3 is 0 Å². The van der Waals surface area contributed by atoms with Crippen molar-refractivity contribution in [3.05, 3.63) is 191 Å².